The van der Waals surface area contributed by atoms with E-state index in [-0.39, 0.29) is 12.2 Å². The molecule has 1 rings (SSSR count). The summed E-state index contributed by atoms with van der Waals surface area (Å²) in [7, 11) is 0. The second-order valence-electron chi connectivity index (χ2n) is 2.41. The molecule has 1 N–H and O–H groups in total. The van der Waals surface area contributed by atoms with Crippen LogP contribution in [0.15, 0.2) is 12.4 Å². The van der Waals surface area contributed by atoms with E-state index >= 15 is 0 Å². The molecule has 0 unspecified atom stereocenters. The molecule has 0 saturated carbocycles. The van der Waals surface area contributed by atoms with Gasteiger partial charge in [-0.1, -0.05) is 0 Å². The highest BCUT2D eigenvalue weighted by atomic mass is 19.3. The maximum absolute atomic E-state index is 12.0. The van der Waals surface area contributed by atoms with E-state index in [4.69, 9.17) is 5.11 Å². The number of rotatable bonds is 4. The molecule has 1 aromatic heterocycles. The fraction of sp³-hybridized carbons (Fsp3) is 0.571. The monoisotopic (exact) mass is 176 g/mol. The average molecular weight is 176 g/mol. The van der Waals surface area contributed by atoms with Gasteiger partial charge in [-0.2, -0.15) is 5.10 Å². The van der Waals surface area contributed by atoms with Crippen LogP contribution in [0.3, 0.4) is 0 Å². The lowest BCUT2D eigenvalue weighted by Gasteiger charge is -1.96. The van der Waals surface area contributed by atoms with Crippen LogP contribution in [0.4, 0.5) is 8.78 Å². The van der Waals surface area contributed by atoms with Crippen LogP contribution in [0, 0.1) is 0 Å². The number of hydrogen-bond acceptors (Lipinski definition) is 2. The Kier molecular flexibility index (Phi) is 3.16. The van der Waals surface area contributed by atoms with Crippen molar-refractivity contribution in [1.29, 1.82) is 0 Å². The number of aryl methyl sites for hydroxylation is 1. The van der Waals surface area contributed by atoms with E-state index in [2.05, 4.69) is 5.10 Å². The number of alkyl halides is 2. The summed E-state index contributed by atoms with van der Waals surface area (Å²) in [4.78, 5) is 0. The average Bonchev–Trinajstić information content (AvgIpc) is 2.48. The van der Waals surface area contributed by atoms with E-state index in [0.29, 0.717) is 13.0 Å². The number of halogens is 2. The Morgan fingerprint density at radius 2 is 2.33 bits per heavy atom. The Labute approximate surface area is 68.6 Å². The summed E-state index contributed by atoms with van der Waals surface area (Å²) >= 11 is 0. The molecule has 0 aliphatic rings. The lowest BCUT2D eigenvalue weighted by molar-refractivity contribution is 0.151. The summed E-state index contributed by atoms with van der Waals surface area (Å²) < 4.78 is 25.4. The Balaban J connectivity index is 2.52. The smallest absolute Gasteiger partial charge is 0.266 e. The van der Waals surface area contributed by atoms with Gasteiger partial charge in [-0.3, -0.25) is 4.68 Å². The lowest BCUT2D eigenvalue weighted by Crippen LogP contribution is -1.99. The molecule has 0 atom stereocenters. The van der Waals surface area contributed by atoms with Crippen LogP contribution in [0.5, 0.6) is 0 Å². The summed E-state index contributed by atoms with van der Waals surface area (Å²) in [6.45, 7) is 0.521. The molecule has 5 heteroatoms. The molecule has 0 saturated heterocycles. The van der Waals surface area contributed by atoms with Gasteiger partial charge in [-0.25, -0.2) is 8.78 Å². The third kappa shape index (κ3) is 2.27. The lowest BCUT2D eigenvalue weighted by atomic mass is 10.4. The van der Waals surface area contributed by atoms with Crippen LogP contribution in [0.25, 0.3) is 0 Å². The molecule has 3 nitrogen and oxygen atoms in total. The van der Waals surface area contributed by atoms with E-state index in [1.54, 1.807) is 0 Å². The summed E-state index contributed by atoms with van der Waals surface area (Å²) in [6, 6.07) is 0. The van der Waals surface area contributed by atoms with Crippen LogP contribution in [0.1, 0.15) is 18.4 Å². The van der Waals surface area contributed by atoms with Crippen molar-refractivity contribution in [3.63, 3.8) is 0 Å². The molecule has 0 fully saturated rings. The summed E-state index contributed by atoms with van der Waals surface area (Å²) in [5, 5.41) is 12.2. The SMILES string of the molecule is OCCCn1cc(C(F)F)cn1. The molecule has 0 aliphatic carbocycles. The van der Waals surface area contributed by atoms with Gasteiger partial charge in [-0.05, 0) is 6.42 Å². The zero-order valence-corrected chi connectivity index (χ0v) is 6.45. The first kappa shape index (κ1) is 9.12. The van der Waals surface area contributed by atoms with Gasteiger partial charge in [0.1, 0.15) is 0 Å². The number of aliphatic hydroxyl groups excluding tert-OH is 1. The molecule has 0 aromatic carbocycles. The van der Waals surface area contributed by atoms with Crippen LogP contribution >= 0.6 is 0 Å². The Bertz CT molecular complexity index is 237. The Morgan fingerprint density at radius 1 is 1.58 bits per heavy atom. The zero-order valence-electron chi connectivity index (χ0n) is 6.45. The van der Waals surface area contributed by atoms with Gasteiger partial charge in [0.2, 0.25) is 0 Å². The minimum absolute atomic E-state index is 0.0455. The van der Waals surface area contributed by atoms with Gasteiger partial charge in [-0.15, -0.1) is 0 Å². The molecule has 0 amide bonds. The van der Waals surface area contributed by atoms with E-state index in [9.17, 15) is 8.78 Å². The van der Waals surface area contributed by atoms with E-state index in [1.807, 2.05) is 0 Å². The molecule has 0 bridgehead atoms. The van der Waals surface area contributed by atoms with E-state index in [0.717, 1.165) is 6.20 Å². The van der Waals surface area contributed by atoms with Crippen LogP contribution in [-0.2, 0) is 6.54 Å². The first-order valence-corrected chi connectivity index (χ1v) is 3.65. The maximum atomic E-state index is 12.0. The standard InChI is InChI=1S/C7H10F2N2O/c8-7(9)6-4-10-11(5-6)2-1-3-12/h4-5,7,12H,1-3H2. The normalized spacial score (nSPS) is 11.0. The highest BCUT2D eigenvalue weighted by molar-refractivity contribution is 5.04. The second-order valence-corrected chi connectivity index (χ2v) is 2.41. The first-order valence-electron chi connectivity index (χ1n) is 3.65. The fourth-order valence-electron chi connectivity index (χ4n) is 0.847. The highest BCUT2D eigenvalue weighted by Crippen LogP contribution is 2.16. The summed E-state index contributed by atoms with van der Waals surface area (Å²) in [6.07, 6.45) is 0.500. The largest absolute Gasteiger partial charge is 0.396 e. The van der Waals surface area contributed by atoms with E-state index in [1.165, 1.54) is 10.9 Å². The third-order valence-corrected chi connectivity index (χ3v) is 1.45. The Hall–Kier alpha value is -0.970. The summed E-state index contributed by atoms with van der Waals surface area (Å²) in [5.74, 6) is 0. The predicted molar refractivity (Wildman–Crippen MR) is 38.9 cm³/mol. The maximum Gasteiger partial charge on any atom is 0.266 e. The topological polar surface area (TPSA) is 38.0 Å². The molecular weight excluding hydrogens is 166 g/mol. The van der Waals surface area contributed by atoms with Crippen molar-refractivity contribution < 1.29 is 13.9 Å². The molecule has 0 spiro atoms. The van der Waals surface area contributed by atoms with Crippen molar-refractivity contribution in [2.24, 2.45) is 0 Å². The first-order chi connectivity index (χ1) is 5.74. The zero-order chi connectivity index (χ0) is 8.97. The predicted octanol–water partition coefficient (Wildman–Crippen LogP) is 1.20. The molecule has 12 heavy (non-hydrogen) atoms. The molecule has 0 radical (unpaired) electrons. The van der Waals surface area contributed by atoms with Gasteiger partial charge in [0, 0.05) is 19.3 Å². The molecular formula is C7H10F2N2O. The van der Waals surface area contributed by atoms with Crippen molar-refractivity contribution in [2.75, 3.05) is 6.61 Å². The number of aromatic nitrogens is 2. The van der Waals surface area contributed by atoms with Crippen LogP contribution < -0.4 is 0 Å². The van der Waals surface area contributed by atoms with Crippen molar-refractivity contribution in [3.05, 3.63) is 18.0 Å². The van der Waals surface area contributed by atoms with Gasteiger partial charge in [0.15, 0.2) is 0 Å². The quantitative estimate of drug-likeness (QED) is 0.748. The third-order valence-electron chi connectivity index (χ3n) is 1.45. The molecule has 0 aliphatic heterocycles. The number of aliphatic hydroxyl groups is 1. The van der Waals surface area contributed by atoms with Crippen LogP contribution in [-0.4, -0.2) is 21.5 Å². The Morgan fingerprint density at radius 3 is 2.83 bits per heavy atom. The second kappa shape index (κ2) is 4.15. The van der Waals surface area contributed by atoms with E-state index < -0.39 is 6.43 Å². The van der Waals surface area contributed by atoms with Crippen molar-refractivity contribution in [2.45, 2.75) is 19.4 Å². The minimum atomic E-state index is -2.46. The van der Waals surface area contributed by atoms with Gasteiger partial charge >= 0.3 is 0 Å². The van der Waals surface area contributed by atoms with Gasteiger partial charge < -0.3 is 5.11 Å². The number of hydrogen-bond donors (Lipinski definition) is 1. The highest BCUT2D eigenvalue weighted by Gasteiger charge is 2.08. The van der Waals surface area contributed by atoms with Crippen LogP contribution in [0.2, 0.25) is 0 Å². The fourth-order valence-corrected chi connectivity index (χ4v) is 0.847. The van der Waals surface area contributed by atoms with Gasteiger partial charge in [0.25, 0.3) is 6.43 Å². The molecule has 1 heterocycles. The van der Waals surface area contributed by atoms with Crippen molar-refractivity contribution in [3.8, 4) is 0 Å². The summed E-state index contributed by atoms with van der Waals surface area (Å²) in [5.41, 5.74) is -0.0760. The minimum Gasteiger partial charge on any atom is -0.396 e. The molecule has 68 valence electrons. The van der Waals surface area contributed by atoms with Gasteiger partial charge in [0.05, 0.1) is 11.8 Å². The van der Waals surface area contributed by atoms with Crippen molar-refractivity contribution >= 4 is 0 Å². The van der Waals surface area contributed by atoms with Crippen molar-refractivity contribution in [1.82, 2.24) is 9.78 Å². The molecule has 1 aromatic rings. The number of nitrogens with zero attached hydrogens (tertiary/aromatic N) is 2.